The van der Waals surface area contributed by atoms with Crippen molar-refractivity contribution in [1.29, 1.82) is 0 Å². The Hall–Kier alpha value is -1.58. The van der Waals surface area contributed by atoms with Crippen LogP contribution in [0.1, 0.15) is 20.3 Å². The zero-order chi connectivity index (χ0) is 12.4. The van der Waals surface area contributed by atoms with E-state index in [0.29, 0.717) is 6.42 Å². The van der Waals surface area contributed by atoms with Crippen LogP contribution in [-0.4, -0.2) is 24.1 Å². The molecule has 0 spiro atoms. The molecule has 92 valence electrons. The van der Waals surface area contributed by atoms with Crippen LogP contribution in [0, 0.1) is 11.8 Å². The minimum absolute atomic E-state index is 0.119. The zero-order valence-corrected chi connectivity index (χ0v) is 9.96. The van der Waals surface area contributed by atoms with Crippen molar-refractivity contribution in [3.05, 3.63) is 24.3 Å². The fourth-order valence-corrected chi connectivity index (χ4v) is 2.58. The van der Waals surface area contributed by atoms with Gasteiger partial charge in [-0.2, -0.15) is 0 Å². The van der Waals surface area contributed by atoms with Gasteiger partial charge in [-0.3, -0.25) is 9.59 Å². The van der Waals surface area contributed by atoms with E-state index in [-0.39, 0.29) is 36.0 Å². The van der Waals surface area contributed by atoms with Gasteiger partial charge in [0.05, 0.1) is 0 Å². The lowest BCUT2D eigenvalue weighted by molar-refractivity contribution is -0.164. The van der Waals surface area contributed by atoms with Gasteiger partial charge >= 0.3 is 11.9 Å². The molecular formula is C13H16O4. The van der Waals surface area contributed by atoms with E-state index in [9.17, 15) is 9.59 Å². The molecule has 0 aromatic rings. The number of esters is 2. The molecule has 0 aromatic heterocycles. The monoisotopic (exact) mass is 236 g/mol. The van der Waals surface area contributed by atoms with Crippen molar-refractivity contribution in [2.75, 3.05) is 0 Å². The molecule has 4 nitrogen and oxygen atoms in total. The van der Waals surface area contributed by atoms with Crippen LogP contribution in [0.2, 0.25) is 0 Å². The lowest BCUT2D eigenvalue weighted by atomic mass is 9.91. The van der Waals surface area contributed by atoms with E-state index < -0.39 is 0 Å². The van der Waals surface area contributed by atoms with Gasteiger partial charge in [-0.05, 0) is 12.3 Å². The quantitative estimate of drug-likeness (QED) is 0.683. The third-order valence-corrected chi connectivity index (χ3v) is 3.17. The molecule has 2 aliphatic carbocycles. The van der Waals surface area contributed by atoms with Crippen LogP contribution in [0.5, 0.6) is 0 Å². The Bertz CT molecular complexity index is 383. The lowest BCUT2D eigenvalue weighted by Gasteiger charge is -2.23. The third kappa shape index (κ3) is 2.57. The maximum Gasteiger partial charge on any atom is 0.303 e. The van der Waals surface area contributed by atoms with Gasteiger partial charge in [0, 0.05) is 19.8 Å². The molecule has 2 unspecified atom stereocenters. The van der Waals surface area contributed by atoms with Crippen molar-refractivity contribution in [2.24, 2.45) is 11.8 Å². The molecule has 17 heavy (non-hydrogen) atoms. The van der Waals surface area contributed by atoms with Crippen LogP contribution in [0.25, 0.3) is 0 Å². The highest BCUT2D eigenvalue weighted by molar-refractivity contribution is 5.67. The molecule has 2 aliphatic rings. The van der Waals surface area contributed by atoms with Crippen LogP contribution in [0.3, 0.4) is 0 Å². The van der Waals surface area contributed by atoms with E-state index in [1.54, 1.807) is 0 Å². The highest BCUT2D eigenvalue weighted by Crippen LogP contribution is 2.39. The highest BCUT2D eigenvalue weighted by atomic mass is 16.6. The Morgan fingerprint density at radius 2 is 1.71 bits per heavy atom. The summed E-state index contributed by atoms with van der Waals surface area (Å²) in [6.07, 6.45) is 8.02. The fraction of sp³-hybridized carbons (Fsp3) is 0.538. The molecule has 0 aromatic carbocycles. The second-order valence-corrected chi connectivity index (χ2v) is 4.47. The van der Waals surface area contributed by atoms with E-state index in [4.69, 9.17) is 9.47 Å². The molecule has 4 atom stereocenters. The van der Waals surface area contributed by atoms with Gasteiger partial charge in [0.2, 0.25) is 0 Å². The molecule has 0 heterocycles. The van der Waals surface area contributed by atoms with Crippen molar-refractivity contribution in [3.63, 3.8) is 0 Å². The lowest BCUT2D eigenvalue weighted by Crippen LogP contribution is -2.33. The summed E-state index contributed by atoms with van der Waals surface area (Å²) in [5, 5.41) is 0. The van der Waals surface area contributed by atoms with Crippen LogP contribution in [0.15, 0.2) is 24.3 Å². The van der Waals surface area contributed by atoms with E-state index >= 15 is 0 Å². The molecule has 0 bridgehead atoms. The van der Waals surface area contributed by atoms with Gasteiger partial charge in [-0.15, -0.1) is 0 Å². The van der Waals surface area contributed by atoms with Crippen LogP contribution >= 0.6 is 0 Å². The third-order valence-electron chi connectivity index (χ3n) is 3.17. The maximum absolute atomic E-state index is 11.1. The number of carbonyl (C=O) groups excluding carboxylic acids is 2. The first-order chi connectivity index (χ1) is 8.08. The normalized spacial score (nSPS) is 34.2. The Labute approximate surface area is 100 Å². The van der Waals surface area contributed by atoms with E-state index in [0.717, 1.165) is 0 Å². The van der Waals surface area contributed by atoms with Gasteiger partial charge < -0.3 is 9.47 Å². The van der Waals surface area contributed by atoms with Crippen molar-refractivity contribution < 1.29 is 19.1 Å². The van der Waals surface area contributed by atoms with Crippen LogP contribution in [-0.2, 0) is 19.1 Å². The second-order valence-electron chi connectivity index (χ2n) is 4.47. The van der Waals surface area contributed by atoms with Crippen molar-refractivity contribution in [2.45, 2.75) is 32.5 Å². The molecule has 1 fully saturated rings. The predicted molar refractivity (Wildman–Crippen MR) is 61.0 cm³/mol. The Morgan fingerprint density at radius 3 is 2.35 bits per heavy atom. The van der Waals surface area contributed by atoms with E-state index in [2.05, 4.69) is 6.08 Å². The predicted octanol–water partition coefficient (Wildman–Crippen LogP) is 1.61. The molecule has 4 heteroatoms. The van der Waals surface area contributed by atoms with Gasteiger partial charge in [-0.25, -0.2) is 0 Å². The summed E-state index contributed by atoms with van der Waals surface area (Å²) in [6, 6.07) is 0. The summed E-state index contributed by atoms with van der Waals surface area (Å²) in [6.45, 7) is 2.75. The summed E-state index contributed by atoms with van der Waals surface area (Å²) in [5.74, 6) is -0.267. The zero-order valence-electron chi connectivity index (χ0n) is 9.96. The highest BCUT2D eigenvalue weighted by Gasteiger charge is 2.45. The summed E-state index contributed by atoms with van der Waals surface area (Å²) in [5.41, 5.74) is 0. The summed E-state index contributed by atoms with van der Waals surface area (Å²) < 4.78 is 10.5. The Kier molecular flexibility index (Phi) is 3.31. The van der Waals surface area contributed by atoms with Gasteiger partial charge in [0.15, 0.2) is 0 Å². The summed E-state index contributed by atoms with van der Waals surface area (Å²) in [7, 11) is 0. The average molecular weight is 236 g/mol. The molecule has 0 amide bonds. The van der Waals surface area contributed by atoms with Crippen LogP contribution in [0.4, 0.5) is 0 Å². The standard InChI is InChI=1S/C13H16O4/c1-8(14)16-12-7-10-5-3-4-6-11(10)13(12)17-9(2)15/h3-6,10-13H,7H2,1-2H3/t10?,11?,12-,13-/m1/s1. The SMILES string of the molecule is CC(=O)O[C@@H]1C2C=CC=CC2C[C@H]1OC(C)=O. The second kappa shape index (κ2) is 4.73. The Morgan fingerprint density at radius 1 is 1.06 bits per heavy atom. The molecule has 0 aliphatic heterocycles. The van der Waals surface area contributed by atoms with Gasteiger partial charge in [0.1, 0.15) is 12.2 Å². The topological polar surface area (TPSA) is 52.6 Å². The molecule has 2 rings (SSSR count). The Balaban J connectivity index is 2.15. The first kappa shape index (κ1) is 11.9. The number of rotatable bonds is 2. The van der Waals surface area contributed by atoms with Crippen molar-refractivity contribution in [3.8, 4) is 0 Å². The molecule has 0 radical (unpaired) electrons. The first-order valence-corrected chi connectivity index (χ1v) is 5.77. The fourth-order valence-electron chi connectivity index (χ4n) is 2.58. The molecule has 1 saturated carbocycles. The number of hydrogen-bond donors (Lipinski definition) is 0. The summed E-state index contributed by atoms with van der Waals surface area (Å²) in [4.78, 5) is 22.1. The van der Waals surface area contributed by atoms with Gasteiger partial charge in [-0.1, -0.05) is 24.3 Å². The maximum atomic E-state index is 11.1. The number of allylic oxidation sites excluding steroid dienone is 3. The van der Waals surface area contributed by atoms with Crippen molar-refractivity contribution in [1.82, 2.24) is 0 Å². The molecule has 0 saturated heterocycles. The largest absolute Gasteiger partial charge is 0.459 e. The molecular weight excluding hydrogens is 220 g/mol. The first-order valence-electron chi connectivity index (χ1n) is 5.77. The van der Waals surface area contributed by atoms with E-state index in [1.807, 2.05) is 18.2 Å². The molecule has 0 N–H and O–H groups in total. The number of ether oxygens (including phenoxy) is 2. The number of hydrogen-bond acceptors (Lipinski definition) is 4. The number of fused-ring (bicyclic) bond motifs is 1. The van der Waals surface area contributed by atoms with E-state index in [1.165, 1.54) is 13.8 Å². The summed E-state index contributed by atoms with van der Waals surface area (Å²) >= 11 is 0. The minimum atomic E-state index is -0.359. The van der Waals surface area contributed by atoms with Crippen LogP contribution < -0.4 is 0 Å². The van der Waals surface area contributed by atoms with Gasteiger partial charge in [0.25, 0.3) is 0 Å². The number of carbonyl (C=O) groups is 2. The minimum Gasteiger partial charge on any atom is -0.459 e. The average Bonchev–Trinajstić information content (AvgIpc) is 2.55. The van der Waals surface area contributed by atoms with Crippen molar-refractivity contribution >= 4 is 11.9 Å². The smallest absolute Gasteiger partial charge is 0.303 e.